The first kappa shape index (κ1) is 26.5. The van der Waals surface area contributed by atoms with Crippen LogP contribution in [0.15, 0.2) is 24.3 Å². The van der Waals surface area contributed by atoms with Gasteiger partial charge in [-0.3, -0.25) is 9.59 Å². The van der Waals surface area contributed by atoms with Gasteiger partial charge in [0.15, 0.2) is 11.5 Å². The molecular formula is C29H41N7O2. The van der Waals surface area contributed by atoms with Gasteiger partial charge in [0.25, 0.3) is 5.91 Å². The number of carbonyl (C=O) groups is 2. The molecule has 1 saturated carbocycles. The van der Waals surface area contributed by atoms with Crippen LogP contribution in [0.4, 0.5) is 17.5 Å². The SMILES string of the molecule is CCC(=O)C[C@@H]1CCCN(c2nnc(C(N)=O)c(Nc3ccc(C4CCN(C5CCCC5)CC4)cc3)n2)C1. The Balaban J connectivity index is 1.24. The number of piperidine rings is 2. The van der Waals surface area contributed by atoms with Crippen LogP contribution in [0.25, 0.3) is 0 Å². The zero-order valence-corrected chi connectivity index (χ0v) is 22.6. The number of rotatable bonds is 9. The fourth-order valence-electron chi connectivity index (χ4n) is 6.43. The van der Waals surface area contributed by atoms with E-state index in [0.29, 0.717) is 37.1 Å². The molecular weight excluding hydrogens is 478 g/mol. The summed E-state index contributed by atoms with van der Waals surface area (Å²) < 4.78 is 0. The third-order valence-electron chi connectivity index (χ3n) is 8.64. The van der Waals surface area contributed by atoms with Crippen molar-refractivity contribution in [2.75, 3.05) is 36.4 Å². The molecule has 38 heavy (non-hydrogen) atoms. The number of ketones is 1. The van der Waals surface area contributed by atoms with Gasteiger partial charge in [-0.25, -0.2) is 0 Å². The van der Waals surface area contributed by atoms with Crippen molar-refractivity contribution in [3.05, 3.63) is 35.5 Å². The van der Waals surface area contributed by atoms with E-state index >= 15 is 0 Å². The molecule has 1 atom stereocenters. The lowest BCUT2D eigenvalue weighted by molar-refractivity contribution is -0.119. The van der Waals surface area contributed by atoms with E-state index in [1.54, 1.807) is 0 Å². The zero-order chi connectivity index (χ0) is 26.5. The van der Waals surface area contributed by atoms with E-state index in [4.69, 9.17) is 5.73 Å². The number of carbonyl (C=O) groups excluding carboxylic acids is 2. The molecule has 1 aliphatic carbocycles. The number of nitrogens with one attached hydrogen (secondary N) is 1. The summed E-state index contributed by atoms with van der Waals surface area (Å²) in [5.74, 6) is 1.25. The summed E-state index contributed by atoms with van der Waals surface area (Å²) in [4.78, 5) is 33.5. The molecule has 2 saturated heterocycles. The number of amides is 1. The lowest BCUT2D eigenvalue weighted by Crippen LogP contribution is -2.39. The number of hydrogen-bond donors (Lipinski definition) is 2. The molecule has 1 amide bonds. The summed E-state index contributed by atoms with van der Waals surface area (Å²) in [6.07, 6.45) is 11.0. The highest BCUT2D eigenvalue weighted by Crippen LogP contribution is 2.33. The van der Waals surface area contributed by atoms with Gasteiger partial charge in [-0.1, -0.05) is 31.9 Å². The van der Waals surface area contributed by atoms with Crippen molar-refractivity contribution < 1.29 is 9.59 Å². The van der Waals surface area contributed by atoms with E-state index in [9.17, 15) is 9.59 Å². The number of primary amides is 1. The monoisotopic (exact) mass is 519 g/mol. The molecule has 3 fully saturated rings. The first-order chi connectivity index (χ1) is 18.5. The van der Waals surface area contributed by atoms with Crippen LogP contribution < -0.4 is 16.0 Å². The number of likely N-dealkylation sites (tertiary alicyclic amines) is 1. The van der Waals surface area contributed by atoms with Gasteiger partial charge in [0.1, 0.15) is 5.78 Å². The number of benzene rings is 1. The Bertz CT molecular complexity index is 1110. The quantitative estimate of drug-likeness (QED) is 0.500. The number of hydrogen-bond acceptors (Lipinski definition) is 8. The maximum atomic E-state index is 12.1. The van der Waals surface area contributed by atoms with E-state index in [1.807, 2.05) is 19.1 Å². The molecule has 3 N–H and O–H groups in total. The van der Waals surface area contributed by atoms with Crippen LogP contribution in [0.1, 0.15) is 93.1 Å². The second kappa shape index (κ2) is 12.2. The molecule has 0 spiro atoms. The van der Waals surface area contributed by atoms with Crippen LogP contribution >= 0.6 is 0 Å². The number of aromatic nitrogens is 3. The van der Waals surface area contributed by atoms with Crippen LogP contribution in [-0.2, 0) is 4.79 Å². The topological polar surface area (TPSA) is 117 Å². The molecule has 9 nitrogen and oxygen atoms in total. The third-order valence-corrected chi connectivity index (χ3v) is 8.64. The molecule has 0 unspecified atom stereocenters. The smallest absolute Gasteiger partial charge is 0.273 e. The Morgan fingerprint density at radius 2 is 1.71 bits per heavy atom. The summed E-state index contributed by atoms with van der Waals surface area (Å²) >= 11 is 0. The van der Waals surface area contributed by atoms with Crippen LogP contribution in [0.2, 0.25) is 0 Å². The number of Topliss-reactive ketones (excluding diaryl/α,β-unsaturated/α-hetero) is 1. The average molecular weight is 520 g/mol. The van der Waals surface area contributed by atoms with Gasteiger partial charge in [-0.15, -0.1) is 10.2 Å². The Morgan fingerprint density at radius 1 is 0.974 bits per heavy atom. The van der Waals surface area contributed by atoms with Gasteiger partial charge in [0.05, 0.1) is 0 Å². The van der Waals surface area contributed by atoms with E-state index in [2.05, 4.69) is 42.4 Å². The lowest BCUT2D eigenvalue weighted by Gasteiger charge is -2.36. The summed E-state index contributed by atoms with van der Waals surface area (Å²) in [5.41, 5.74) is 7.80. The fourth-order valence-corrected chi connectivity index (χ4v) is 6.43. The second-order valence-corrected chi connectivity index (χ2v) is 11.2. The van der Waals surface area contributed by atoms with E-state index in [1.165, 1.54) is 57.2 Å². The standard InChI is InChI=1S/C29H41N7O2/c1-2-25(37)18-20-6-5-15-36(19-20)29-32-28(26(27(30)38)33-34-29)31-23-11-9-21(10-12-23)22-13-16-35(17-14-22)24-7-3-4-8-24/h9-12,20,22,24H,2-8,13-19H2,1H3,(H2,30,38)(H,31,32,34)/t20-/m0/s1. The lowest BCUT2D eigenvalue weighted by atomic mass is 9.88. The molecule has 1 aromatic carbocycles. The molecule has 2 aromatic rings. The molecule has 5 rings (SSSR count). The molecule has 3 heterocycles. The maximum Gasteiger partial charge on any atom is 0.273 e. The second-order valence-electron chi connectivity index (χ2n) is 11.2. The van der Waals surface area contributed by atoms with E-state index in [0.717, 1.165) is 31.1 Å². The zero-order valence-electron chi connectivity index (χ0n) is 22.6. The van der Waals surface area contributed by atoms with Crippen LogP contribution in [0, 0.1) is 5.92 Å². The number of anilines is 3. The molecule has 9 heteroatoms. The molecule has 0 radical (unpaired) electrons. The summed E-state index contributed by atoms with van der Waals surface area (Å²) in [5, 5.41) is 11.6. The number of nitrogens with two attached hydrogens (primary N) is 1. The van der Waals surface area contributed by atoms with E-state index < -0.39 is 5.91 Å². The minimum Gasteiger partial charge on any atom is -0.364 e. The predicted octanol–water partition coefficient (Wildman–Crippen LogP) is 4.42. The van der Waals surface area contributed by atoms with Crippen molar-refractivity contribution in [2.45, 2.75) is 83.1 Å². The molecule has 3 aliphatic rings. The van der Waals surface area contributed by atoms with Crippen molar-refractivity contribution >= 4 is 29.1 Å². The van der Waals surface area contributed by atoms with E-state index in [-0.39, 0.29) is 17.4 Å². The highest BCUT2D eigenvalue weighted by molar-refractivity contribution is 5.96. The van der Waals surface area contributed by atoms with Crippen LogP contribution in [-0.4, -0.2) is 64.0 Å². The molecule has 1 aromatic heterocycles. The van der Waals surface area contributed by atoms with Gasteiger partial charge in [-0.05, 0) is 81.1 Å². The normalized spacial score (nSPS) is 21.5. The van der Waals surface area contributed by atoms with Crippen LogP contribution in [0.3, 0.4) is 0 Å². The van der Waals surface area contributed by atoms with Crippen molar-refractivity contribution in [3.63, 3.8) is 0 Å². The predicted molar refractivity (Wildman–Crippen MR) is 149 cm³/mol. The Hall–Kier alpha value is -3.07. The first-order valence-electron chi connectivity index (χ1n) is 14.4. The highest BCUT2D eigenvalue weighted by atomic mass is 16.1. The average Bonchev–Trinajstić information content (AvgIpc) is 3.49. The van der Waals surface area contributed by atoms with Crippen molar-refractivity contribution in [1.29, 1.82) is 0 Å². The summed E-state index contributed by atoms with van der Waals surface area (Å²) in [7, 11) is 0. The molecule has 204 valence electrons. The van der Waals surface area contributed by atoms with Gasteiger partial charge in [-0.2, -0.15) is 4.98 Å². The molecule has 0 bridgehead atoms. The van der Waals surface area contributed by atoms with Gasteiger partial charge < -0.3 is 20.9 Å². The Kier molecular flexibility index (Phi) is 8.51. The fraction of sp³-hybridized carbons (Fsp3) is 0.621. The molecule has 2 aliphatic heterocycles. The number of nitrogens with zero attached hydrogens (tertiary/aromatic N) is 5. The van der Waals surface area contributed by atoms with Crippen molar-refractivity contribution in [1.82, 2.24) is 20.1 Å². The highest BCUT2D eigenvalue weighted by Gasteiger charge is 2.28. The summed E-state index contributed by atoms with van der Waals surface area (Å²) in [6, 6.07) is 9.25. The van der Waals surface area contributed by atoms with Crippen molar-refractivity contribution in [2.24, 2.45) is 11.7 Å². The minimum absolute atomic E-state index is 0.0202. The Morgan fingerprint density at radius 3 is 2.39 bits per heavy atom. The van der Waals surface area contributed by atoms with Crippen molar-refractivity contribution in [3.8, 4) is 0 Å². The maximum absolute atomic E-state index is 12.1. The van der Waals surface area contributed by atoms with Gasteiger partial charge in [0, 0.05) is 37.7 Å². The first-order valence-corrected chi connectivity index (χ1v) is 14.4. The minimum atomic E-state index is -0.672. The summed E-state index contributed by atoms with van der Waals surface area (Å²) in [6.45, 7) is 5.79. The van der Waals surface area contributed by atoms with Gasteiger partial charge in [0.2, 0.25) is 5.95 Å². The third kappa shape index (κ3) is 6.31. The largest absolute Gasteiger partial charge is 0.364 e. The van der Waals surface area contributed by atoms with Gasteiger partial charge >= 0.3 is 0 Å². The van der Waals surface area contributed by atoms with Crippen LogP contribution in [0.5, 0.6) is 0 Å². The Labute approximate surface area is 225 Å².